The Morgan fingerprint density at radius 1 is 0.579 bits per heavy atom. The van der Waals surface area contributed by atoms with Gasteiger partial charge in [0, 0.05) is 0 Å². The van der Waals surface area contributed by atoms with Crippen LogP contribution in [-0.2, 0) is 0 Å². The van der Waals surface area contributed by atoms with Gasteiger partial charge in [-0.25, -0.2) is 0 Å². The molecule has 0 nitrogen and oxygen atoms in total. The van der Waals surface area contributed by atoms with E-state index in [2.05, 4.69) is 52.0 Å². The van der Waals surface area contributed by atoms with Crippen molar-refractivity contribution in [2.45, 2.75) is 47.0 Å². The predicted molar refractivity (Wildman–Crippen MR) is 87.6 cm³/mol. The molecular formula is C19H28. The highest BCUT2D eigenvalue weighted by molar-refractivity contribution is 5.12. The molecule has 2 rings (SSSR count). The van der Waals surface area contributed by atoms with Crippen LogP contribution in [0.3, 0.4) is 0 Å². The van der Waals surface area contributed by atoms with E-state index in [0.717, 1.165) is 0 Å². The molecule has 0 saturated carbocycles. The second-order valence-corrected chi connectivity index (χ2v) is 4.66. The van der Waals surface area contributed by atoms with Gasteiger partial charge in [-0.2, -0.15) is 0 Å². The van der Waals surface area contributed by atoms with E-state index < -0.39 is 0 Å². The Labute approximate surface area is 119 Å². The molecule has 0 fully saturated rings. The van der Waals surface area contributed by atoms with Gasteiger partial charge in [0.2, 0.25) is 0 Å². The van der Waals surface area contributed by atoms with Crippen molar-refractivity contribution in [3.63, 3.8) is 0 Å². The Morgan fingerprint density at radius 2 is 0.895 bits per heavy atom. The van der Waals surface area contributed by atoms with E-state index in [1.807, 2.05) is 36.4 Å². The second-order valence-electron chi connectivity index (χ2n) is 4.66. The lowest BCUT2D eigenvalue weighted by atomic mass is 10.2. The van der Waals surface area contributed by atoms with Crippen molar-refractivity contribution >= 4 is 0 Å². The third kappa shape index (κ3) is 12.7. The van der Waals surface area contributed by atoms with Crippen LogP contribution < -0.4 is 0 Å². The zero-order chi connectivity index (χ0) is 14.3. The summed E-state index contributed by atoms with van der Waals surface area (Å²) in [5.41, 5.74) is 2.64. The molecule has 2 aromatic rings. The fourth-order valence-corrected chi connectivity index (χ4v) is 1.42. The Morgan fingerprint density at radius 3 is 1.00 bits per heavy atom. The van der Waals surface area contributed by atoms with Crippen LogP contribution in [0, 0.1) is 13.8 Å². The average Bonchev–Trinajstić information content (AvgIpc) is 2.43. The van der Waals surface area contributed by atoms with Gasteiger partial charge in [-0.05, 0) is 13.8 Å². The molecule has 19 heavy (non-hydrogen) atoms. The standard InChI is InChI=1S/2C7H8.C5H12/c2*1-7-5-3-2-4-6-7;1-3-5-4-2/h2*2-6H,1H3;3-5H2,1-2H3. The summed E-state index contributed by atoms with van der Waals surface area (Å²) in [6, 6.07) is 20.5. The molecule has 0 heterocycles. The minimum Gasteiger partial charge on any atom is -0.0654 e. The number of unbranched alkanes of at least 4 members (excludes halogenated alkanes) is 2. The fraction of sp³-hybridized carbons (Fsp3) is 0.368. The first-order valence-corrected chi connectivity index (χ1v) is 7.24. The highest BCUT2D eigenvalue weighted by Crippen LogP contribution is 1.92. The largest absolute Gasteiger partial charge is 0.0654 e. The summed E-state index contributed by atoms with van der Waals surface area (Å²) in [7, 11) is 0. The SMILES string of the molecule is CCCCC.Cc1ccccc1.Cc1ccccc1. The molecule has 0 aromatic heterocycles. The van der Waals surface area contributed by atoms with Crippen LogP contribution in [0.5, 0.6) is 0 Å². The van der Waals surface area contributed by atoms with E-state index in [-0.39, 0.29) is 0 Å². The molecule has 2 aromatic carbocycles. The molecule has 104 valence electrons. The van der Waals surface area contributed by atoms with Crippen LogP contribution in [0.1, 0.15) is 44.2 Å². The Hall–Kier alpha value is -1.56. The molecule has 0 aliphatic carbocycles. The van der Waals surface area contributed by atoms with Gasteiger partial charge in [-0.1, -0.05) is 105 Å². The smallest absolute Gasteiger partial charge is 0.0398 e. The minimum absolute atomic E-state index is 1.32. The molecule has 0 spiro atoms. The molecule has 0 N–H and O–H groups in total. The van der Waals surface area contributed by atoms with E-state index in [1.54, 1.807) is 0 Å². The highest BCUT2D eigenvalue weighted by Gasteiger charge is 1.72. The number of rotatable bonds is 2. The van der Waals surface area contributed by atoms with E-state index >= 15 is 0 Å². The summed E-state index contributed by atoms with van der Waals surface area (Å²) in [6.07, 6.45) is 4.08. The summed E-state index contributed by atoms with van der Waals surface area (Å²) in [5, 5.41) is 0. The molecule has 0 heteroatoms. The third-order valence-electron chi connectivity index (χ3n) is 2.59. The lowest BCUT2D eigenvalue weighted by Crippen LogP contribution is -1.62. The van der Waals surface area contributed by atoms with Gasteiger partial charge in [-0.15, -0.1) is 0 Å². The monoisotopic (exact) mass is 256 g/mol. The van der Waals surface area contributed by atoms with Gasteiger partial charge in [0.15, 0.2) is 0 Å². The minimum atomic E-state index is 1.32. The van der Waals surface area contributed by atoms with Gasteiger partial charge in [-0.3, -0.25) is 0 Å². The number of hydrogen-bond donors (Lipinski definition) is 0. The first-order valence-electron chi connectivity index (χ1n) is 7.24. The van der Waals surface area contributed by atoms with Crippen LogP contribution >= 0.6 is 0 Å². The van der Waals surface area contributed by atoms with E-state index in [1.165, 1.54) is 30.4 Å². The van der Waals surface area contributed by atoms with Crippen LogP contribution in [0.4, 0.5) is 0 Å². The van der Waals surface area contributed by atoms with Crippen molar-refractivity contribution in [1.82, 2.24) is 0 Å². The molecule has 0 aliphatic rings. The molecule has 0 aliphatic heterocycles. The average molecular weight is 256 g/mol. The topological polar surface area (TPSA) is 0 Å². The van der Waals surface area contributed by atoms with Gasteiger partial charge >= 0.3 is 0 Å². The van der Waals surface area contributed by atoms with Crippen molar-refractivity contribution in [3.05, 3.63) is 71.8 Å². The van der Waals surface area contributed by atoms with E-state index in [0.29, 0.717) is 0 Å². The van der Waals surface area contributed by atoms with Crippen LogP contribution in [0.25, 0.3) is 0 Å². The summed E-state index contributed by atoms with van der Waals surface area (Å²) < 4.78 is 0. The first-order chi connectivity index (χ1) is 9.20. The van der Waals surface area contributed by atoms with Crippen molar-refractivity contribution in [2.24, 2.45) is 0 Å². The molecule has 0 bridgehead atoms. The third-order valence-corrected chi connectivity index (χ3v) is 2.59. The lowest BCUT2D eigenvalue weighted by molar-refractivity contribution is 0.772. The lowest BCUT2D eigenvalue weighted by Gasteiger charge is -1.82. The van der Waals surface area contributed by atoms with Crippen LogP contribution in [-0.4, -0.2) is 0 Å². The maximum absolute atomic E-state index is 2.21. The van der Waals surface area contributed by atoms with Crippen molar-refractivity contribution in [1.29, 1.82) is 0 Å². The zero-order valence-electron chi connectivity index (χ0n) is 12.9. The van der Waals surface area contributed by atoms with Gasteiger partial charge < -0.3 is 0 Å². The number of aryl methyl sites for hydroxylation is 2. The molecular weight excluding hydrogens is 228 g/mol. The summed E-state index contributed by atoms with van der Waals surface area (Å²) >= 11 is 0. The summed E-state index contributed by atoms with van der Waals surface area (Å²) in [5.74, 6) is 0. The maximum Gasteiger partial charge on any atom is -0.0398 e. The molecule has 0 amide bonds. The van der Waals surface area contributed by atoms with Crippen molar-refractivity contribution in [3.8, 4) is 0 Å². The molecule has 0 unspecified atom stereocenters. The summed E-state index contributed by atoms with van der Waals surface area (Å²) in [6.45, 7) is 8.59. The van der Waals surface area contributed by atoms with Gasteiger partial charge in [0.1, 0.15) is 0 Å². The van der Waals surface area contributed by atoms with Crippen LogP contribution in [0.15, 0.2) is 60.7 Å². The van der Waals surface area contributed by atoms with Gasteiger partial charge in [0.25, 0.3) is 0 Å². The quantitative estimate of drug-likeness (QED) is 0.601. The summed E-state index contributed by atoms with van der Waals surface area (Å²) in [4.78, 5) is 0. The second kappa shape index (κ2) is 12.9. The Bertz CT molecular complexity index is 336. The van der Waals surface area contributed by atoms with Gasteiger partial charge in [0.05, 0.1) is 0 Å². The van der Waals surface area contributed by atoms with Crippen LogP contribution in [0.2, 0.25) is 0 Å². The van der Waals surface area contributed by atoms with E-state index in [9.17, 15) is 0 Å². The predicted octanol–water partition coefficient (Wildman–Crippen LogP) is 6.19. The number of benzene rings is 2. The maximum atomic E-state index is 2.21. The van der Waals surface area contributed by atoms with E-state index in [4.69, 9.17) is 0 Å². The normalized spacial score (nSPS) is 8.63. The molecule has 0 atom stereocenters. The number of hydrogen-bond acceptors (Lipinski definition) is 0. The van der Waals surface area contributed by atoms with Crippen molar-refractivity contribution in [2.75, 3.05) is 0 Å². The molecule has 0 radical (unpaired) electrons. The zero-order valence-corrected chi connectivity index (χ0v) is 12.9. The fourth-order valence-electron chi connectivity index (χ4n) is 1.42. The highest BCUT2D eigenvalue weighted by atomic mass is 13.8. The Kier molecular flexibility index (Phi) is 11.8. The Balaban J connectivity index is 0.000000261. The first kappa shape index (κ1) is 17.4. The molecule has 0 saturated heterocycles. The van der Waals surface area contributed by atoms with Crippen molar-refractivity contribution < 1.29 is 0 Å².